The summed E-state index contributed by atoms with van der Waals surface area (Å²) in [6.07, 6.45) is -0.989. The fourth-order valence-electron chi connectivity index (χ4n) is 3.75. The van der Waals surface area contributed by atoms with E-state index in [9.17, 15) is 15.8 Å². The van der Waals surface area contributed by atoms with Crippen molar-refractivity contribution in [1.82, 2.24) is 0 Å². The van der Waals surface area contributed by atoms with Crippen molar-refractivity contribution < 1.29 is 9.47 Å². The lowest BCUT2D eigenvalue weighted by Crippen LogP contribution is -2.57. The van der Waals surface area contributed by atoms with E-state index in [-0.39, 0.29) is 5.90 Å². The lowest BCUT2D eigenvalue weighted by atomic mass is 9.54. The Kier molecular flexibility index (Phi) is 3.20. The zero-order chi connectivity index (χ0) is 17.8. The van der Waals surface area contributed by atoms with Gasteiger partial charge in [0.15, 0.2) is 5.41 Å². The van der Waals surface area contributed by atoms with Gasteiger partial charge in [0.25, 0.3) is 0 Å². The molecule has 1 aromatic carbocycles. The van der Waals surface area contributed by atoms with Crippen molar-refractivity contribution in [2.45, 2.75) is 32.7 Å². The number of hydrogen-bond acceptors (Lipinski definition) is 6. The zero-order valence-corrected chi connectivity index (χ0v) is 13.6. The third kappa shape index (κ3) is 1.58. The predicted molar refractivity (Wildman–Crippen MR) is 83.1 cm³/mol. The second-order valence-electron chi connectivity index (χ2n) is 6.53. The van der Waals surface area contributed by atoms with Crippen molar-refractivity contribution >= 4 is 5.90 Å². The van der Waals surface area contributed by atoms with Crippen LogP contribution in [0, 0.1) is 63.1 Å². The van der Waals surface area contributed by atoms with Crippen molar-refractivity contribution in [3.63, 3.8) is 0 Å². The molecule has 0 amide bonds. The van der Waals surface area contributed by atoms with Gasteiger partial charge in [0.1, 0.15) is 6.10 Å². The van der Waals surface area contributed by atoms with Crippen LogP contribution in [0.2, 0.25) is 0 Å². The smallest absolute Gasteiger partial charge is 0.214 e. The summed E-state index contributed by atoms with van der Waals surface area (Å²) in [4.78, 5) is 0. The zero-order valence-electron chi connectivity index (χ0n) is 13.6. The Morgan fingerprint density at radius 1 is 1.08 bits per heavy atom. The van der Waals surface area contributed by atoms with Crippen molar-refractivity contribution in [3.05, 3.63) is 35.4 Å². The molecule has 0 radical (unpaired) electrons. The average Bonchev–Trinajstić information content (AvgIpc) is 2.71. The lowest BCUT2D eigenvalue weighted by molar-refractivity contribution is -0.268. The summed E-state index contributed by atoms with van der Waals surface area (Å²) in [6, 6.07) is 13.3. The second kappa shape index (κ2) is 4.81. The molecule has 1 aromatic rings. The van der Waals surface area contributed by atoms with Gasteiger partial charge in [-0.05, 0) is 12.5 Å². The maximum Gasteiger partial charge on any atom is 0.214 e. The first kappa shape index (κ1) is 16.0. The number of hydrogen-bond donors (Lipinski definition) is 1. The van der Waals surface area contributed by atoms with Gasteiger partial charge in [-0.25, -0.2) is 0 Å². The van der Waals surface area contributed by atoms with Crippen LogP contribution in [-0.4, -0.2) is 11.7 Å². The number of fused-ring (bicyclic) bond motifs is 2. The molecule has 0 aromatic heterocycles. The Bertz CT molecular complexity index is 828. The molecule has 0 saturated carbocycles. The summed E-state index contributed by atoms with van der Waals surface area (Å²) >= 11 is 0. The first-order valence-electron chi connectivity index (χ1n) is 7.57. The highest BCUT2D eigenvalue weighted by atomic mass is 16.7. The molecule has 0 aliphatic carbocycles. The summed E-state index contributed by atoms with van der Waals surface area (Å²) in [6.45, 7) is 5.25. The van der Waals surface area contributed by atoms with E-state index < -0.39 is 28.6 Å². The van der Waals surface area contributed by atoms with Gasteiger partial charge >= 0.3 is 0 Å². The van der Waals surface area contributed by atoms with Crippen LogP contribution in [0.4, 0.5) is 0 Å². The molecular weight excluding hydrogens is 304 g/mol. The predicted octanol–water partition coefficient (Wildman–Crippen LogP) is 2.97. The summed E-state index contributed by atoms with van der Waals surface area (Å²) in [5, 5.41) is 37.9. The normalized spacial score (nSPS) is 36.1. The van der Waals surface area contributed by atoms with Gasteiger partial charge < -0.3 is 9.47 Å². The minimum absolute atomic E-state index is 0.377. The number of rotatable bonds is 1. The van der Waals surface area contributed by atoms with E-state index >= 15 is 0 Å². The standard InChI is InChI=1S/C18H16N4O2/c1-11-4-6-13(7-5-11)14-17(8-19,9-20)18(10-21)12(2)16(3,23-14)24-15(18)22/h4-7,12,14,22H,1-3H3/t12-,14+,16-,18+/m0/s1. The maximum atomic E-state index is 9.91. The fourth-order valence-corrected chi connectivity index (χ4v) is 3.75. The minimum atomic E-state index is -1.87. The lowest BCUT2D eigenvalue weighted by Gasteiger charge is -2.47. The molecule has 1 N–H and O–H groups in total. The Labute approximate surface area is 140 Å². The summed E-state index contributed by atoms with van der Waals surface area (Å²) in [5.41, 5.74) is -1.92. The summed E-state index contributed by atoms with van der Waals surface area (Å²) in [7, 11) is 0. The Balaban J connectivity index is 2.31. The number of aryl methyl sites for hydroxylation is 1. The molecule has 4 atom stereocenters. The van der Waals surface area contributed by atoms with Crippen LogP contribution >= 0.6 is 0 Å². The van der Waals surface area contributed by atoms with Crippen LogP contribution < -0.4 is 0 Å². The summed E-state index contributed by atoms with van der Waals surface area (Å²) < 4.78 is 11.6. The van der Waals surface area contributed by atoms with Gasteiger partial charge in [0, 0.05) is 6.92 Å². The first-order valence-corrected chi connectivity index (χ1v) is 7.57. The minimum Gasteiger partial charge on any atom is -0.448 e. The summed E-state index contributed by atoms with van der Waals surface area (Å²) in [5.74, 6) is -2.25. The van der Waals surface area contributed by atoms with Crippen LogP contribution in [0.25, 0.3) is 0 Å². The van der Waals surface area contributed by atoms with Crippen LogP contribution in [0.15, 0.2) is 24.3 Å². The molecule has 2 heterocycles. The van der Waals surface area contributed by atoms with E-state index in [0.29, 0.717) is 5.56 Å². The third-order valence-corrected chi connectivity index (χ3v) is 5.38. The SMILES string of the molecule is Cc1ccc([C@H]2O[C@@]3(C)OC(=N)[C@@](C#N)([C@H]3C)C2(C#N)C#N)cc1. The van der Waals surface area contributed by atoms with Gasteiger partial charge in [-0.15, -0.1) is 0 Å². The van der Waals surface area contributed by atoms with Crippen molar-refractivity contribution in [1.29, 1.82) is 21.2 Å². The molecule has 0 unspecified atom stereocenters. The molecule has 120 valence electrons. The van der Waals surface area contributed by atoms with E-state index in [1.165, 1.54) is 0 Å². The largest absolute Gasteiger partial charge is 0.448 e. The van der Waals surface area contributed by atoms with E-state index in [2.05, 4.69) is 6.07 Å². The fraction of sp³-hybridized carbons (Fsp3) is 0.444. The van der Waals surface area contributed by atoms with Crippen LogP contribution in [0.3, 0.4) is 0 Å². The Morgan fingerprint density at radius 3 is 2.17 bits per heavy atom. The number of ether oxygens (including phenoxy) is 2. The topological polar surface area (TPSA) is 114 Å². The number of nitrogens with zero attached hydrogens (tertiary/aromatic N) is 3. The molecule has 2 aliphatic rings. The van der Waals surface area contributed by atoms with Gasteiger partial charge in [-0.1, -0.05) is 36.8 Å². The first-order chi connectivity index (χ1) is 11.3. The third-order valence-electron chi connectivity index (χ3n) is 5.38. The molecule has 2 fully saturated rings. The van der Waals surface area contributed by atoms with E-state index in [4.69, 9.17) is 14.9 Å². The van der Waals surface area contributed by atoms with E-state index in [0.717, 1.165) is 5.56 Å². The van der Waals surface area contributed by atoms with Crippen LogP contribution in [0.5, 0.6) is 0 Å². The Hall–Kier alpha value is -2.88. The van der Waals surface area contributed by atoms with Crippen LogP contribution in [0.1, 0.15) is 31.1 Å². The molecule has 6 heteroatoms. The average molecular weight is 320 g/mol. The van der Waals surface area contributed by atoms with Crippen molar-refractivity contribution in [2.24, 2.45) is 16.7 Å². The van der Waals surface area contributed by atoms with Gasteiger partial charge in [0.2, 0.25) is 17.1 Å². The van der Waals surface area contributed by atoms with Crippen molar-refractivity contribution in [2.75, 3.05) is 0 Å². The van der Waals surface area contributed by atoms with Gasteiger partial charge in [-0.3, -0.25) is 5.41 Å². The quantitative estimate of drug-likeness (QED) is 0.854. The number of nitrogens with one attached hydrogen (secondary N) is 1. The second-order valence-corrected chi connectivity index (χ2v) is 6.53. The highest BCUT2D eigenvalue weighted by Crippen LogP contribution is 2.66. The Morgan fingerprint density at radius 2 is 1.67 bits per heavy atom. The number of nitriles is 3. The maximum absolute atomic E-state index is 9.91. The number of benzene rings is 1. The molecular formula is C18H16N4O2. The molecule has 0 spiro atoms. The molecule has 3 rings (SSSR count). The molecule has 6 nitrogen and oxygen atoms in total. The highest BCUT2D eigenvalue weighted by molar-refractivity contribution is 5.89. The van der Waals surface area contributed by atoms with E-state index in [1.54, 1.807) is 26.0 Å². The van der Waals surface area contributed by atoms with Gasteiger partial charge in [0.05, 0.1) is 24.1 Å². The highest BCUT2D eigenvalue weighted by Gasteiger charge is 2.78. The monoisotopic (exact) mass is 320 g/mol. The molecule has 2 bridgehead atoms. The molecule has 2 aliphatic heterocycles. The van der Waals surface area contributed by atoms with E-state index in [1.807, 2.05) is 31.2 Å². The van der Waals surface area contributed by atoms with Crippen LogP contribution in [-0.2, 0) is 9.47 Å². The van der Waals surface area contributed by atoms with Crippen molar-refractivity contribution in [3.8, 4) is 18.2 Å². The molecule has 2 saturated heterocycles. The molecule has 24 heavy (non-hydrogen) atoms. The van der Waals surface area contributed by atoms with Gasteiger partial charge in [-0.2, -0.15) is 15.8 Å².